The maximum absolute atomic E-state index is 3.50. The van der Waals surface area contributed by atoms with Crippen LogP contribution in [0.4, 0.5) is 0 Å². The monoisotopic (exact) mass is 315 g/mol. The van der Waals surface area contributed by atoms with Gasteiger partial charge in [0.05, 0.1) is 0 Å². The third kappa shape index (κ3) is 7.85. The zero-order chi connectivity index (χ0) is 12.3. The van der Waals surface area contributed by atoms with Crippen molar-refractivity contribution >= 4 is 27.7 Å². The Hall–Kier alpha value is 0.01000. The fourth-order valence-corrected chi connectivity index (χ4v) is 3.02. The van der Waals surface area contributed by atoms with Crippen molar-refractivity contribution in [2.75, 3.05) is 18.8 Å². The molecule has 1 rings (SSSR count). The van der Waals surface area contributed by atoms with Crippen LogP contribution < -0.4 is 5.32 Å². The molecule has 0 aromatic heterocycles. The molecule has 0 aliphatic rings. The van der Waals surface area contributed by atoms with Crippen LogP contribution in [0.15, 0.2) is 33.6 Å². The number of nitrogens with one attached hydrogen (secondary N) is 1. The smallest absolute Gasteiger partial charge is 0.0186 e. The minimum absolute atomic E-state index is 1.10. The lowest BCUT2D eigenvalue weighted by Crippen LogP contribution is -2.18. The molecule has 96 valence electrons. The van der Waals surface area contributed by atoms with Crippen molar-refractivity contribution in [2.45, 2.75) is 37.5 Å². The van der Waals surface area contributed by atoms with Gasteiger partial charge in [0.1, 0.15) is 0 Å². The van der Waals surface area contributed by atoms with Crippen LogP contribution in [0.5, 0.6) is 0 Å². The van der Waals surface area contributed by atoms with Crippen molar-refractivity contribution in [1.82, 2.24) is 5.32 Å². The molecule has 1 nitrogen and oxygen atoms in total. The molecule has 0 atom stereocenters. The van der Waals surface area contributed by atoms with Crippen molar-refractivity contribution < 1.29 is 0 Å². The summed E-state index contributed by atoms with van der Waals surface area (Å²) in [7, 11) is 0. The van der Waals surface area contributed by atoms with E-state index in [-0.39, 0.29) is 0 Å². The first kappa shape index (κ1) is 15.1. The predicted molar refractivity (Wildman–Crippen MR) is 81.9 cm³/mol. The largest absolute Gasteiger partial charge is 0.316 e. The molecule has 17 heavy (non-hydrogen) atoms. The molecular formula is C14H22BrNS. The SMILES string of the molecule is CCCCCCNCCSc1cccc(Br)c1. The standard InChI is InChI=1S/C14H22BrNS/c1-2-3-4-5-9-16-10-11-17-14-8-6-7-13(15)12-14/h6-8,12,16H,2-5,9-11H2,1H3. The van der Waals surface area contributed by atoms with Crippen LogP contribution in [0, 0.1) is 0 Å². The minimum Gasteiger partial charge on any atom is -0.316 e. The lowest BCUT2D eigenvalue weighted by molar-refractivity contribution is 0.613. The van der Waals surface area contributed by atoms with Crippen LogP contribution in [-0.2, 0) is 0 Å². The van der Waals surface area contributed by atoms with E-state index in [9.17, 15) is 0 Å². The zero-order valence-corrected chi connectivity index (χ0v) is 12.9. The average Bonchev–Trinajstić information content (AvgIpc) is 2.33. The van der Waals surface area contributed by atoms with Gasteiger partial charge in [-0.2, -0.15) is 0 Å². The highest BCUT2D eigenvalue weighted by molar-refractivity contribution is 9.10. The fourth-order valence-electron chi connectivity index (χ4n) is 1.60. The van der Waals surface area contributed by atoms with E-state index in [1.807, 2.05) is 11.8 Å². The number of benzene rings is 1. The predicted octanol–water partition coefficient (Wildman–Crippen LogP) is 4.71. The van der Waals surface area contributed by atoms with Crippen LogP contribution in [0.2, 0.25) is 0 Å². The number of rotatable bonds is 9. The topological polar surface area (TPSA) is 12.0 Å². The van der Waals surface area contributed by atoms with Crippen molar-refractivity contribution in [1.29, 1.82) is 0 Å². The Morgan fingerprint density at radius 3 is 2.82 bits per heavy atom. The number of hydrogen-bond donors (Lipinski definition) is 1. The summed E-state index contributed by atoms with van der Waals surface area (Å²) >= 11 is 5.40. The Morgan fingerprint density at radius 2 is 2.06 bits per heavy atom. The average molecular weight is 316 g/mol. The molecule has 0 aliphatic heterocycles. The molecule has 1 aromatic carbocycles. The van der Waals surface area contributed by atoms with E-state index in [2.05, 4.69) is 52.4 Å². The summed E-state index contributed by atoms with van der Waals surface area (Å²) < 4.78 is 1.16. The summed E-state index contributed by atoms with van der Waals surface area (Å²) in [5, 5.41) is 3.50. The highest BCUT2D eigenvalue weighted by Crippen LogP contribution is 2.21. The van der Waals surface area contributed by atoms with Gasteiger partial charge >= 0.3 is 0 Å². The first-order valence-corrected chi connectivity index (χ1v) is 8.20. The number of thioether (sulfide) groups is 1. The molecule has 0 saturated heterocycles. The van der Waals surface area contributed by atoms with Gasteiger partial charge in [0.15, 0.2) is 0 Å². The van der Waals surface area contributed by atoms with Gasteiger partial charge in [0.25, 0.3) is 0 Å². The van der Waals surface area contributed by atoms with Crippen LogP contribution >= 0.6 is 27.7 Å². The molecular weight excluding hydrogens is 294 g/mol. The van der Waals surface area contributed by atoms with Crippen molar-refractivity contribution in [3.8, 4) is 0 Å². The second-order valence-corrected chi connectivity index (χ2v) is 6.20. The van der Waals surface area contributed by atoms with E-state index in [1.54, 1.807) is 0 Å². The Balaban J connectivity index is 1.97. The van der Waals surface area contributed by atoms with Gasteiger partial charge in [-0.05, 0) is 31.2 Å². The van der Waals surface area contributed by atoms with E-state index in [0.717, 1.165) is 16.8 Å². The van der Waals surface area contributed by atoms with Gasteiger partial charge in [-0.1, -0.05) is 48.2 Å². The second-order valence-electron chi connectivity index (χ2n) is 4.12. The maximum atomic E-state index is 3.50. The Bertz CT molecular complexity index is 304. The van der Waals surface area contributed by atoms with Gasteiger partial charge in [-0.15, -0.1) is 11.8 Å². The first-order chi connectivity index (χ1) is 8.33. The second kappa shape index (κ2) is 9.98. The van der Waals surface area contributed by atoms with E-state index in [4.69, 9.17) is 0 Å². The van der Waals surface area contributed by atoms with Crippen LogP contribution in [0.3, 0.4) is 0 Å². The van der Waals surface area contributed by atoms with Crippen LogP contribution in [0.1, 0.15) is 32.6 Å². The fraction of sp³-hybridized carbons (Fsp3) is 0.571. The molecule has 3 heteroatoms. The van der Waals surface area contributed by atoms with Gasteiger partial charge < -0.3 is 5.32 Å². The highest BCUT2D eigenvalue weighted by atomic mass is 79.9. The lowest BCUT2D eigenvalue weighted by Gasteiger charge is -2.05. The summed E-state index contributed by atoms with van der Waals surface area (Å²) in [4.78, 5) is 1.34. The van der Waals surface area contributed by atoms with E-state index in [1.165, 1.54) is 37.1 Å². The molecule has 0 radical (unpaired) electrons. The molecule has 0 amide bonds. The van der Waals surface area contributed by atoms with E-state index >= 15 is 0 Å². The first-order valence-electron chi connectivity index (χ1n) is 6.42. The minimum atomic E-state index is 1.10. The molecule has 0 fully saturated rings. The Kier molecular flexibility index (Phi) is 8.85. The molecule has 1 aromatic rings. The van der Waals surface area contributed by atoms with Gasteiger partial charge in [-0.25, -0.2) is 0 Å². The highest BCUT2D eigenvalue weighted by Gasteiger charge is 1.95. The molecule has 0 spiro atoms. The van der Waals surface area contributed by atoms with E-state index < -0.39 is 0 Å². The Labute approximate surface area is 118 Å². The molecule has 0 heterocycles. The van der Waals surface area contributed by atoms with Gasteiger partial charge in [-0.3, -0.25) is 0 Å². The quantitative estimate of drug-likeness (QED) is 0.523. The van der Waals surface area contributed by atoms with Crippen molar-refractivity contribution in [3.05, 3.63) is 28.7 Å². The Morgan fingerprint density at radius 1 is 1.18 bits per heavy atom. The number of unbranched alkanes of at least 4 members (excludes halogenated alkanes) is 3. The van der Waals surface area contributed by atoms with Gasteiger partial charge in [0.2, 0.25) is 0 Å². The molecule has 1 N–H and O–H groups in total. The summed E-state index contributed by atoms with van der Waals surface area (Å²) in [5.74, 6) is 1.14. The van der Waals surface area contributed by atoms with Crippen molar-refractivity contribution in [3.63, 3.8) is 0 Å². The number of halogens is 1. The summed E-state index contributed by atoms with van der Waals surface area (Å²) in [6.07, 6.45) is 5.37. The number of hydrogen-bond acceptors (Lipinski definition) is 2. The molecule has 0 bridgehead atoms. The molecule has 0 saturated carbocycles. The third-order valence-electron chi connectivity index (χ3n) is 2.55. The van der Waals surface area contributed by atoms with Gasteiger partial charge in [0, 0.05) is 21.7 Å². The van der Waals surface area contributed by atoms with E-state index in [0.29, 0.717) is 0 Å². The summed E-state index contributed by atoms with van der Waals surface area (Å²) in [6.45, 7) is 4.52. The lowest BCUT2D eigenvalue weighted by atomic mass is 10.2. The zero-order valence-electron chi connectivity index (χ0n) is 10.5. The normalized spacial score (nSPS) is 10.7. The maximum Gasteiger partial charge on any atom is 0.0186 e. The van der Waals surface area contributed by atoms with Crippen LogP contribution in [-0.4, -0.2) is 18.8 Å². The third-order valence-corrected chi connectivity index (χ3v) is 4.04. The summed E-state index contributed by atoms with van der Waals surface area (Å²) in [6, 6.07) is 8.49. The van der Waals surface area contributed by atoms with Crippen LogP contribution in [0.25, 0.3) is 0 Å². The molecule has 0 unspecified atom stereocenters. The summed E-state index contributed by atoms with van der Waals surface area (Å²) in [5.41, 5.74) is 0. The van der Waals surface area contributed by atoms with Crippen molar-refractivity contribution in [2.24, 2.45) is 0 Å². The molecule has 0 aliphatic carbocycles.